The number of hydrogen-bond donors (Lipinski definition) is 1. The summed E-state index contributed by atoms with van der Waals surface area (Å²) in [6.45, 7) is 7.30. The Labute approximate surface area is 202 Å². The van der Waals surface area contributed by atoms with Gasteiger partial charge in [0.1, 0.15) is 23.7 Å². The second-order valence-corrected chi connectivity index (χ2v) is 9.18. The van der Waals surface area contributed by atoms with Gasteiger partial charge in [0.2, 0.25) is 0 Å². The first-order valence-electron chi connectivity index (χ1n) is 11.2. The molecule has 1 aromatic heterocycles. The highest BCUT2D eigenvalue weighted by Crippen LogP contribution is 2.25. The van der Waals surface area contributed by atoms with Gasteiger partial charge in [-0.2, -0.15) is 0 Å². The number of nitrogens with one attached hydrogen (secondary N) is 1. The Morgan fingerprint density at radius 3 is 2.31 bits per heavy atom. The van der Waals surface area contributed by atoms with Crippen LogP contribution in [0.1, 0.15) is 32.0 Å². The number of benzene rings is 2. The number of amides is 4. The van der Waals surface area contributed by atoms with Crippen molar-refractivity contribution in [2.75, 3.05) is 11.5 Å². The monoisotopic (exact) mass is 475 g/mol. The summed E-state index contributed by atoms with van der Waals surface area (Å²) in [6.07, 6.45) is 3.24. The maximum Gasteiger partial charge on any atom is 0.335 e. The van der Waals surface area contributed by atoms with Gasteiger partial charge in [0.15, 0.2) is 0 Å². The standard InChI is InChI=1S/C27H26FN3O4/c1-27(2,3)18-6-12-22(13-7-18)35-16-15-30-14-4-5-21(30)17-23-24(32)29-26(34)31(25(23)33)20-10-8-19(28)9-11-20/h4-14,17H,15-16H2,1-3H3,(H,29,32,34). The minimum Gasteiger partial charge on any atom is -0.492 e. The van der Waals surface area contributed by atoms with Crippen LogP contribution in [0, 0.1) is 5.82 Å². The fraction of sp³-hybridized carbons (Fsp3) is 0.222. The van der Waals surface area contributed by atoms with E-state index in [1.165, 1.54) is 23.8 Å². The lowest BCUT2D eigenvalue weighted by Gasteiger charge is -2.26. The molecule has 2 aromatic carbocycles. The van der Waals surface area contributed by atoms with Crippen molar-refractivity contribution in [2.24, 2.45) is 0 Å². The molecule has 35 heavy (non-hydrogen) atoms. The zero-order chi connectivity index (χ0) is 25.2. The van der Waals surface area contributed by atoms with Crippen LogP contribution < -0.4 is 15.0 Å². The van der Waals surface area contributed by atoms with E-state index < -0.39 is 23.7 Å². The van der Waals surface area contributed by atoms with Crippen LogP contribution in [0.4, 0.5) is 14.9 Å². The zero-order valence-electron chi connectivity index (χ0n) is 19.7. The molecule has 3 aromatic rings. The van der Waals surface area contributed by atoms with E-state index in [0.717, 1.165) is 22.8 Å². The average molecular weight is 476 g/mol. The van der Waals surface area contributed by atoms with Crippen LogP contribution >= 0.6 is 0 Å². The normalized spacial score (nSPS) is 15.5. The third-order valence-corrected chi connectivity index (χ3v) is 5.66. The molecule has 0 saturated carbocycles. The van der Waals surface area contributed by atoms with Gasteiger partial charge in [0.05, 0.1) is 12.2 Å². The SMILES string of the molecule is CC(C)(C)c1ccc(OCCn2cccc2C=C2C(=O)NC(=O)N(c3ccc(F)cc3)C2=O)cc1. The third-order valence-electron chi connectivity index (χ3n) is 5.66. The Morgan fingerprint density at radius 1 is 0.971 bits per heavy atom. The van der Waals surface area contributed by atoms with Crippen LogP contribution in [0.25, 0.3) is 6.08 Å². The molecule has 0 radical (unpaired) electrons. The molecule has 1 aliphatic rings. The predicted octanol–water partition coefficient (Wildman–Crippen LogP) is 4.67. The van der Waals surface area contributed by atoms with Crippen molar-refractivity contribution in [2.45, 2.75) is 32.7 Å². The molecule has 2 heterocycles. The van der Waals surface area contributed by atoms with Crippen LogP contribution in [-0.4, -0.2) is 29.0 Å². The Kier molecular flexibility index (Phi) is 6.55. The van der Waals surface area contributed by atoms with Gasteiger partial charge in [-0.15, -0.1) is 0 Å². The smallest absolute Gasteiger partial charge is 0.335 e. The van der Waals surface area contributed by atoms with E-state index in [9.17, 15) is 18.8 Å². The lowest BCUT2D eigenvalue weighted by molar-refractivity contribution is -0.122. The van der Waals surface area contributed by atoms with E-state index in [2.05, 4.69) is 26.1 Å². The molecule has 0 unspecified atom stereocenters. The van der Waals surface area contributed by atoms with Crippen LogP contribution in [0.15, 0.2) is 72.4 Å². The fourth-order valence-electron chi connectivity index (χ4n) is 3.70. The largest absolute Gasteiger partial charge is 0.492 e. The van der Waals surface area contributed by atoms with Gasteiger partial charge in [0, 0.05) is 11.9 Å². The molecule has 0 aliphatic carbocycles. The summed E-state index contributed by atoms with van der Waals surface area (Å²) < 4.78 is 21.0. The van der Waals surface area contributed by atoms with Gasteiger partial charge in [-0.3, -0.25) is 14.9 Å². The fourth-order valence-corrected chi connectivity index (χ4v) is 3.70. The summed E-state index contributed by atoms with van der Waals surface area (Å²) in [5.74, 6) is -1.33. The van der Waals surface area contributed by atoms with Crippen molar-refractivity contribution < 1.29 is 23.5 Å². The lowest BCUT2D eigenvalue weighted by Crippen LogP contribution is -2.54. The van der Waals surface area contributed by atoms with E-state index in [1.807, 2.05) is 35.0 Å². The van der Waals surface area contributed by atoms with Gasteiger partial charge >= 0.3 is 6.03 Å². The number of rotatable bonds is 6. The maximum absolute atomic E-state index is 13.3. The maximum atomic E-state index is 13.3. The Hall–Kier alpha value is -4.20. The minimum absolute atomic E-state index is 0.0613. The summed E-state index contributed by atoms with van der Waals surface area (Å²) >= 11 is 0. The van der Waals surface area contributed by atoms with Gasteiger partial charge in [-0.05, 0) is 65.6 Å². The predicted molar refractivity (Wildman–Crippen MR) is 130 cm³/mol. The highest BCUT2D eigenvalue weighted by atomic mass is 19.1. The molecule has 1 fully saturated rings. The van der Waals surface area contributed by atoms with Crippen molar-refractivity contribution in [3.63, 3.8) is 0 Å². The van der Waals surface area contributed by atoms with Crippen molar-refractivity contribution in [3.05, 3.63) is 89.5 Å². The number of hydrogen-bond acceptors (Lipinski definition) is 4. The van der Waals surface area contributed by atoms with Gasteiger partial charge in [0.25, 0.3) is 11.8 Å². The molecule has 1 aliphatic heterocycles. The summed E-state index contributed by atoms with van der Waals surface area (Å²) in [7, 11) is 0. The zero-order valence-corrected chi connectivity index (χ0v) is 19.7. The Balaban J connectivity index is 1.48. The van der Waals surface area contributed by atoms with Crippen LogP contribution in [0.5, 0.6) is 5.75 Å². The Bertz CT molecular complexity index is 1290. The van der Waals surface area contributed by atoms with Gasteiger partial charge < -0.3 is 9.30 Å². The van der Waals surface area contributed by atoms with E-state index in [4.69, 9.17) is 4.74 Å². The van der Waals surface area contributed by atoms with E-state index >= 15 is 0 Å². The molecule has 0 spiro atoms. The number of aromatic nitrogens is 1. The summed E-state index contributed by atoms with van der Waals surface area (Å²) in [6, 6.07) is 15.5. The van der Waals surface area contributed by atoms with Gasteiger partial charge in [-0.1, -0.05) is 32.9 Å². The number of ether oxygens (including phenoxy) is 1. The third kappa shape index (κ3) is 5.32. The summed E-state index contributed by atoms with van der Waals surface area (Å²) in [5.41, 5.74) is 1.84. The summed E-state index contributed by atoms with van der Waals surface area (Å²) in [5, 5.41) is 2.17. The van der Waals surface area contributed by atoms with Gasteiger partial charge in [-0.25, -0.2) is 14.1 Å². The number of imide groups is 2. The molecule has 0 atom stereocenters. The van der Waals surface area contributed by atoms with Crippen molar-refractivity contribution in [1.29, 1.82) is 0 Å². The number of halogens is 1. The first-order chi connectivity index (χ1) is 16.6. The first-order valence-corrected chi connectivity index (χ1v) is 11.2. The highest BCUT2D eigenvalue weighted by Gasteiger charge is 2.37. The van der Waals surface area contributed by atoms with E-state index in [-0.39, 0.29) is 16.7 Å². The van der Waals surface area contributed by atoms with E-state index in [1.54, 1.807) is 12.1 Å². The molecule has 0 bridgehead atoms. The topological polar surface area (TPSA) is 80.6 Å². The molecular weight excluding hydrogens is 449 g/mol. The molecule has 1 saturated heterocycles. The van der Waals surface area contributed by atoms with Crippen molar-refractivity contribution in [3.8, 4) is 5.75 Å². The Morgan fingerprint density at radius 2 is 1.66 bits per heavy atom. The molecule has 180 valence electrons. The molecular formula is C27H26FN3O4. The number of barbiturate groups is 1. The lowest BCUT2D eigenvalue weighted by atomic mass is 9.87. The minimum atomic E-state index is -0.884. The van der Waals surface area contributed by atoms with Crippen LogP contribution in [0.2, 0.25) is 0 Å². The highest BCUT2D eigenvalue weighted by molar-refractivity contribution is 6.39. The molecule has 1 N–H and O–H groups in total. The summed E-state index contributed by atoms with van der Waals surface area (Å²) in [4.78, 5) is 38.6. The number of anilines is 1. The average Bonchev–Trinajstić information content (AvgIpc) is 3.24. The molecule has 4 amide bonds. The van der Waals surface area contributed by atoms with Crippen molar-refractivity contribution in [1.82, 2.24) is 9.88 Å². The van der Waals surface area contributed by atoms with Crippen LogP contribution in [-0.2, 0) is 21.5 Å². The molecule has 4 rings (SSSR count). The molecule has 7 nitrogen and oxygen atoms in total. The van der Waals surface area contributed by atoms with E-state index in [0.29, 0.717) is 18.8 Å². The molecule has 8 heteroatoms. The quantitative estimate of drug-likeness (QED) is 0.415. The second-order valence-electron chi connectivity index (χ2n) is 9.18. The number of nitrogens with zero attached hydrogens (tertiary/aromatic N) is 2. The first kappa shape index (κ1) is 23.9. The number of carbonyl (C=O) groups is 3. The number of carbonyl (C=O) groups excluding carboxylic acids is 3. The van der Waals surface area contributed by atoms with Crippen LogP contribution in [0.3, 0.4) is 0 Å². The number of urea groups is 1. The van der Waals surface area contributed by atoms with Crippen molar-refractivity contribution >= 4 is 29.6 Å². The second kappa shape index (κ2) is 9.58.